The van der Waals surface area contributed by atoms with Crippen LogP contribution in [0.25, 0.3) is 0 Å². The predicted octanol–water partition coefficient (Wildman–Crippen LogP) is 1.70. The molecule has 0 aromatic heterocycles. The average Bonchev–Trinajstić information content (AvgIpc) is 2.16. The standard InChI is InChI=1S/C11H13NO2/c1-8-5-10(7-13)6-9(2)11(8)14-4-3-12/h5-6,13H,4,7H2,1-2H3. The lowest BCUT2D eigenvalue weighted by atomic mass is 10.1. The van der Waals surface area contributed by atoms with Crippen LogP contribution in [-0.4, -0.2) is 11.7 Å². The fourth-order valence-electron chi connectivity index (χ4n) is 1.46. The van der Waals surface area contributed by atoms with E-state index in [0.29, 0.717) is 0 Å². The molecule has 1 rings (SSSR count). The van der Waals surface area contributed by atoms with Crippen LogP contribution in [0.1, 0.15) is 16.7 Å². The van der Waals surface area contributed by atoms with E-state index in [9.17, 15) is 0 Å². The number of aliphatic hydroxyl groups excluding tert-OH is 1. The lowest BCUT2D eigenvalue weighted by Gasteiger charge is -2.10. The van der Waals surface area contributed by atoms with Crippen LogP contribution in [0.5, 0.6) is 5.75 Å². The third-order valence-corrected chi connectivity index (χ3v) is 1.98. The quantitative estimate of drug-likeness (QED) is 0.791. The highest BCUT2D eigenvalue weighted by Gasteiger charge is 2.05. The molecule has 0 aliphatic heterocycles. The topological polar surface area (TPSA) is 53.2 Å². The number of hydrogen-bond acceptors (Lipinski definition) is 3. The minimum absolute atomic E-state index is 0.0280. The van der Waals surface area contributed by atoms with E-state index in [0.717, 1.165) is 22.4 Å². The van der Waals surface area contributed by atoms with E-state index in [1.165, 1.54) is 0 Å². The Balaban J connectivity index is 3.00. The van der Waals surface area contributed by atoms with Crippen LogP contribution < -0.4 is 4.74 Å². The smallest absolute Gasteiger partial charge is 0.174 e. The van der Waals surface area contributed by atoms with Crippen molar-refractivity contribution in [2.75, 3.05) is 6.61 Å². The monoisotopic (exact) mass is 191 g/mol. The van der Waals surface area contributed by atoms with Crippen molar-refractivity contribution in [2.24, 2.45) is 0 Å². The molecule has 1 aromatic rings. The Morgan fingerprint density at radius 2 is 1.93 bits per heavy atom. The first-order chi connectivity index (χ1) is 6.69. The third kappa shape index (κ3) is 2.24. The van der Waals surface area contributed by atoms with Gasteiger partial charge < -0.3 is 9.84 Å². The Labute approximate surface area is 83.6 Å². The van der Waals surface area contributed by atoms with E-state index in [1.807, 2.05) is 32.0 Å². The van der Waals surface area contributed by atoms with Gasteiger partial charge >= 0.3 is 0 Å². The average molecular weight is 191 g/mol. The molecule has 0 bridgehead atoms. The maximum absolute atomic E-state index is 8.96. The Morgan fingerprint density at radius 3 is 2.36 bits per heavy atom. The summed E-state index contributed by atoms with van der Waals surface area (Å²) in [6, 6.07) is 5.65. The van der Waals surface area contributed by atoms with Crippen LogP contribution >= 0.6 is 0 Å². The van der Waals surface area contributed by atoms with Gasteiger partial charge in [-0.3, -0.25) is 0 Å². The summed E-state index contributed by atoms with van der Waals surface area (Å²) in [4.78, 5) is 0. The fraction of sp³-hybridized carbons (Fsp3) is 0.364. The number of hydrogen-bond donors (Lipinski definition) is 1. The van der Waals surface area contributed by atoms with Gasteiger partial charge in [0.2, 0.25) is 0 Å². The molecular weight excluding hydrogens is 178 g/mol. The molecule has 3 heteroatoms. The number of nitriles is 1. The first-order valence-corrected chi connectivity index (χ1v) is 4.39. The zero-order chi connectivity index (χ0) is 10.6. The van der Waals surface area contributed by atoms with Crippen molar-refractivity contribution in [1.82, 2.24) is 0 Å². The zero-order valence-corrected chi connectivity index (χ0v) is 8.37. The van der Waals surface area contributed by atoms with Crippen molar-refractivity contribution >= 4 is 0 Å². The minimum Gasteiger partial charge on any atom is -0.478 e. The molecule has 0 atom stereocenters. The zero-order valence-electron chi connectivity index (χ0n) is 8.37. The van der Waals surface area contributed by atoms with Crippen LogP contribution in [0.3, 0.4) is 0 Å². The summed E-state index contributed by atoms with van der Waals surface area (Å²) < 4.78 is 5.27. The molecule has 0 saturated heterocycles. The number of rotatable bonds is 3. The van der Waals surface area contributed by atoms with Gasteiger partial charge in [0.05, 0.1) is 6.61 Å². The second-order valence-electron chi connectivity index (χ2n) is 3.16. The van der Waals surface area contributed by atoms with Crippen LogP contribution in [0, 0.1) is 25.2 Å². The third-order valence-electron chi connectivity index (χ3n) is 1.98. The number of aliphatic hydroxyl groups is 1. The molecule has 14 heavy (non-hydrogen) atoms. The van der Waals surface area contributed by atoms with Crippen molar-refractivity contribution in [1.29, 1.82) is 5.26 Å². The Kier molecular flexibility index (Phi) is 3.49. The molecule has 3 nitrogen and oxygen atoms in total. The number of nitrogens with zero attached hydrogens (tertiary/aromatic N) is 1. The molecule has 0 radical (unpaired) electrons. The summed E-state index contributed by atoms with van der Waals surface area (Å²) in [6.07, 6.45) is 0. The highest BCUT2D eigenvalue weighted by Crippen LogP contribution is 2.24. The van der Waals surface area contributed by atoms with Gasteiger partial charge in [0.15, 0.2) is 6.61 Å². The predicted molar refractivity (Wildman–Crippen MR) is 52.9 cm³/mol. The van der Waals surface area contributed by atoms with Gasteiger partial charge in [-0.2, -0.15) is 5.26 Å². The van der Waals surface area contributed by atoms with Crippen molar-refractivity contribution in [3.8, 4) is 11.8 Å². The normalized spacial score (nSPS) is 9.57. The molecule has 0 saturated carbocycles. The van der Waals surface area contributed by atoms with Crippen LogP contribution in [-0.2, 0) is 6.61 Å². The summed E-state index contributed by atoms with van der Waals surface area (Å²) in [5.41, 5.74) is 2.76. The van der Waals surface area contributed by atoms with E-state index in [1.54, 1.807) is 0 Å². The maximum Gasteiger partial charge on any atom is 0.174 e. The van der Waals surface area contributed by atoms with Gasteiger partial charge in [-0.05, 0) is 30.5 Å². The maximum atomic E-state index is 8.96. The number of ether oxygens (including phenoxy) is 1. The number of aryl methyl sites for hydroxylation is 2. The highest BCUT2D eigenvalue weighted by atomic mass is 16.5. The van der Waals surface area contributed by atoms with E-state index in [4.69, 9.17) is 15.1 Å². The lowest BCUT2D eigenvalue weighted by Crippen LogP contribution is -1.99. The first-order valence-electron chi connectivity index (χ1n) is 4.39. The lowest BCUT2D eigenvalue weighted by molar-refractivity contribution is 0.281. The van der Waals surface area contributed by atoms with Crippen LogP contribution in [0.4, 0.5) is 0 Å². The second kappa shape index (κ2) is 4.64. The summed E-state index contributed by atoms with van der Waals surface area (Å²) in [7, 11) is 0. The fourth-order valence-corrected chi connectivity index (χ4v) is 1.46. The SMILES string of the molecule is Cc1cc(CO)cc(C)c1OCC#N. The van der Waals surface area contributed by atoms with Gasteiger partial charge in [0.25, 0.3) is 0 Å². The van der Waals surface area contributed by atoms with Crippen molar-refractivity contribution < 1.29 is 9.84 Å². The summed E-state index contributed by atoms with van der Waals surface area (Å²) in [6.45, 7) is 3.89. The van der Waals surface area contributed by atoms with Gasteiger partial charge in [0, 0.05) is 0 Å². The molecule has 0 aliphatic carbocycles. The summed E-state index contributed by atoms with van der Waals surface area (Å²) >= 11 is 0. The molecule has 0 amide bonds. The summed E-state index contributed by atoms with van der Waals surface area (Å²) in [5.74, 6) is 0.740. The van der Waals surface area contributed by atoms with Crippen molar-refractivity contribution in [3.05, 3.63) is 28.8 Å². The van der Waals surface area contributed by atoms with Crippen molar-refractivity contribution in [2.45, 2.75) is 20.5 Å². The van der Waals surface area contributed by atoms with Crippen LogP contribution in [0.2, 0.25) is 0 Å². The van der Waals surface area contributed by atoms with Crippen LogP contribution in [0.15, 0.2) is 12.1 Å². The Hall–Kier alpha value is -1.53. The summed E-state index contributed by atoms with van der Waals surface area (Å²) in [5, 5.41) is 17.4. The Morgan fingerprint density at radius 1 is 1.36 bits per heavy atom. The van der Waals surface area contributed by atoms with Crippen molar-refractivity contribution in [3.63, 3.8) is 0 Å². The van der Waals surface area contributed by atoms with Gasteiger partial charge in [-0.15, -0.1) is 0 Å². The first kappa shape index (κ1) is 10.6. The van der Waals surface area contributed by atoms with Gasteiger partial charge in [0.1, 0.15) is 11.8 Å². The molecule has 1 aromatic carbocycles. The molecule has 0 unspecified atom stereocenters. The van der Waals surface area contributed by atoms with Gasteiger partial charge in [-0.25, -0.2) is 0 Å². The second-order valence-corrected chi connectivity index (χ2v) is 3.16. The largest absolute Gasteiger partial charge is 0.478 e. The van der Waals surface area contributed by atoms with Gasteiger partial charge in [-0.1, -0.05) is 12.1 Å². The van der Waals surface area contributed by atoms with E-state index in [-0.39, 0.29) is 13.2 Å². The Bertz CT molecular complexity index is 343. The van der Waals surface area contributed by atoms with E-state index < -0.39 is 0 Å². The number of benzene rings is 1. The molecule has 1 N–H and O–H groups in total. The highest BCUT2D eigenvalue weighted by molar-refractivity contribution is 5.43. The van der Waals surface area contributed by atoms with E-state index in [2.05, 4.69) is 0 Å². The molecule has 0 aliphatic rings. The molecule has 74 valence electrons. The molecular formula is C11H13NO2. The molecule has 0 heterocycles. The molecule has 0 spiro atoms. The van der Waals surface area contributed by atoms with E-state index >= 15 is 0 Å². The minimum atomic E-state index is 0.0280. The molecule has 0 fully saturated rings.